The first-order valence-corrected chi connectivity index (χ1v) is 7.34. The number of aliphatic hydroxyl groups is 1. The van der Waals surface area contributed by atoms with E-state index in [9.17, 15) is 5.11 Å². The average molecular weight is 281 g/mol. The summed E-state index contributed by atoms with van der Waals surface area (Å²) in [7, 11) is 1.63. The zero-order chi connectivity index (χ0) is 15.0. The lowest BCUT2D eigenvalue weighted by Crippen LogP contribution is -2.19. The molecule has 0 fully saturated rings. The van der Waals surface area contributed by atoms with Crippen molar-refractivity contribution in [3.05, 3.63) is 23.8 Å². The van der Waals surface area contributed by atoms with E-state index in [2.05, 4.69) is 19.2 Å². The Kier molecular flexibility index (Phi) is 7.41. The second kappa shape index (κ2) is 8.82. The zero-order valence-corrected chi connectivity index (χ0v) is 13.0. The van der Waals surface area contributed by atoms with Gasteiger partial charge < -0.3 is 19.9 Å². The third kappa shape index (κ3) is 5.02. The summed E-state index contributed by atoms with van der Waals surface area (Å²) in [5.41, 5.74) is 1.17. The molecule has 0 amide bonds. The van der Waals surface area contributed by atoms with Crippen LogP contribution in [0.25, 0.3) is 0 Å². The molecule has 1 rings (SSSR count). The Morgan fingerprint density at radius 2 is 2.00 bits per heavy atom. The predicted molar refractivity (Wildman–Crippen MR) is 81.5 cm³/mol. The fourth-order valence-corrected chi connectivity index (χ4v) is 1.86. The van der Waals surface area contributed by atoms with Crippen LogP contribution in [0, 0.1) is 0 Å². The van der Waals surface area contributed by atoms with Crippen LogP contribution in [0.3, 0.4) is 0 Å². The van der Waals surface area contributed by atoms with Gasteiger partial charge in [0.15, 0.2) is 11.5 Å². The molecule has 0 radical (unpaired) electrons. The van der Waals surface area contributed by atoms with Crippen LogP contribution in [0.2, 0.25) is 0 Å². The predicted octanol–water partition coefficient (Wildman–Crippen LogP) is 2.91. The van der Waals surface area contributed by atoms with Crippen LogP contribution in [-0.4, -0.2) is 31.5 Å². The average Bonchev–Trinajstić information content (AvgIpc) is 2.49. The molecule has 4 heteroatoms. The molecule has 0 aliphatic carbocycles. The number of nitrogens with one attached hydrogen (secondary N) is 1. The first kappa shape index (κ1) is 16.8. The molecule has 114 valence electrons. The summed E-state index contributed by atoms with van der Waals surface area (Å²) in [6, 6.07) is 6.20. The number of rotatable bonds is 9. The van der Waals surface area contributed by atoms with Gasteiger partial charge >= 0.3 is 0 Å². The highest BCUT2D eigenvalue weighted by atomic mass is 16.5. The van der Waals surface area contributed by atoms with Gasteiger partial charge in [0.05, 0.1) is 13.2 Å². The molecule has 0 spiro atoms. The Labute approximate surface area is 122 Å². The molecule has 2 unspecified atom stereocenters. The lowest BCUT2D eigenvalue weighted by molar-refractivity contribution is 0.102. The number of methoxy groups -OCH3 is 1. The molecule has 0 aliphatic rings. The highest BCUT2D eigenvalue weighted by Crippen LogP contribution is 2.30. The smallest absolute Gasteiger partial charge is 0.161 e. The van der Waals surface area contributed by atoms with Crippen LogP contribution >= 0.6 is 0 Å². The van der Waals surface area contributed by atoms with Crippen molar-refractivity contribution in [1.82, 2.24) is 5.32 Å². The molecule has 0 saturated carbocycles. The van der Waals surface area contributed by atoms with E-state index < -0.39 is 6.10 Å². The standard InChI is InChI=1S/C16H27NO3/c1-5-9-17-12(3)13-7-8-15(16(10-13)19-4)20-11-14(18)6-2/h7-8,10,12,14,17-18H,5-6,9,11H2,1-4H3. The van der Waals surface area contributed by atoms with E-state index >= 15 is 0 Å². The van der Waals surface area contributed by atoms with Gasteiger partial charge in [-0.2, -0.15) is 0 Å². The van der Waals surface area contributed by atoms with Crippen molar-refractivity contribution >= 4 is 0 Å². The fourth-order valence-electron chi connectivity index (χ4n) is 1.86. The summed E-state index contributed by atoms with van der Waals surface area (Å²) < 4.78 is 11.0. The van der Waals surface area contributed by atoms with Gasteiger partial charge in [-0.15, -0.1) is 0 Å². The normalized spacial score (nSPS) is 13.8. The molecule has 1 aromatic carbocycles. The van der Waals surface area contributed by atoms with Gasteiger partial charge in [-0.1, -0.05) is 19.9 Å². The van der Waals surface area contributed by atoms with Crippen molar-refractivity contribution in [2.75, 3.05) is 20.3 Å². The van der Waals surface area contributed by atoms with E-state index in [0.717, 1.165) is 13.0 Å². The summed E-state index contributed by atoms with van der Waals surface area (Å²) in [6.45, 7) is 7.48. The minimum Gasteiger partial charge on any atom is -0.493 e. The Bertz CT molecular complexity index is 395. The van der Waals surface area contributed by atoms with Crippen molar-refractivity contribution in [3.63, 3.8) is 0 Å². The molecule has 2 N–H and O–H groups in total. The second-order valence-corrected chi connectivity index (χ2v) is 4.96. The highest BCUT2D eigenvalue weighted by Gasteiger charge is 2.11. The van der Waals surface area contributed by atoms with E-state index in [1.54, 1.807) is 7.11 Å². The lowest BCUT2D eigenvalue weighted by atomic mass is 10.1. The Morgan fingerprint density at radius 1 is 1.25 bits per heavy atom. The summed E-state index contributed by atoms with van der Waals surface area (Å²) >= 11 is 0. The summed E-state index contributed by atoms with van der Waals surface area (Å²) in [5, 5.41) is 13.0. The topological polar surface area (TPSA) is 50.7 Å². The van der Waals surface area contributed by atoms with Gasteiger partial charge in [-0.3, -0.25) is 0 Å². The molecule has 0 aliphatic heterocycles. The number of hydrogen-bond acceptors (Lipinski definition) is 4. The summed E-state index contributed by atoms with van der Waals surface area (Å²) in [6.07, 6.45) is 1.35. The largest absolute Gasteiger partial charge is 0.493 e. The van der Waals surface area contributed by atoms with Crippen molar-refractivity contribution in [2.24, 2.45) is 0 Å². The van der Waals surface area contributed by atoms with Crippen LogP contribution in [0.15, 0.2) is 18.2 Å². The SMILES string of the molecule is CCCNC(C)c1ccc(OCC(O)CC)c(OC)c1. The number of ether oxygens (including phenoxy) is 2. The van der Waals surface area contributed by atoms with E-state index in [-0.39, 0.29) is 12.6 Å². The van der Waals surface area contributed by atoms with Crippen LogP contribution in [0.1, 0.15) is 45.2 Å². The maximum atomic E-state index is 9.55. The third-order valence-electron chi connectivity index (χ3n) is 3.29. The van der Waals surface area contributed by atoms with Gasteiger partial charge in [0, 0.05) is 6.04 Å². The van der Waals surface area contributed by atoms with Gasteiger partial charge in [-0.05, 0) is 44.0 Å². The molecule has 0 aromatic heterocycles. The molecule has 0 heterocycles. The summed E-state index contributed by atoms with van der Waals surface area (Å²) in [4.78, 5) is 0. The van der Waals surface area contributed by atoms with Crippen molar-refractivity contribution in [3.8, 4) is 11.5 Å². The Balaban J connectivity index is 2.74. The molecule has 0 bridgehead atoms. The molecular weight excluding hydrogens is 254 g/mol. The minimum atomic E-state index is -0.440. The monoisotopic (exact) mass is 281 g/mol. The molecule has 20 heavy (non-hydrogen) atoms. The van der Waals surface area contributed by atoms with Gasteiger partial charge in [0.25, 0.3) is 0 Å². The van der Waals surface area contributed by atoms with Crippen LogP contribution in [0.4, 0.5) is 0 Å². The molecular formula is C16H27NO3. The van der Waals surface area contributed by atoms with E-state index in [1.165, 1.54) is 5.56 Å². The van der Waals surface area contributed by atoms with Gasteiger partial charge in [0.2, 0.25) is 0 Å². The van der Waals surface area contributed by atoms with Crippen LogP contribution < -0.4 is 14.8 Å². The van der Waals surface area contributed by atoms with Crippen LogP contribution in [0.5, 0.6) is 11.5 Å². The molecule has 2 atom stereocenters. The third-order valence-corrected chi connectivity index (χ3v) is 3.29. The Morgan fingerprint density at radius 3 is 2.60 bits per heavy atom. The first-order valence-electron chi connectivity index (χ1n) is 7.34. The highest BCUT2D eigenvalue weighted by molar-refractivity contribution is 5.43. The van der Waals surface area contributed by atoms with Gasteiger partial charge in [-0.25, -0.2) is 0 Å². The maximum Gasteiger partial charge on any atom is 0.161 e. The number of hydrogen-bond donors (Lipinski definition) is 2. The van der Waals surface area contributed by atoms with Crippen LogP contribution in [-0.2, 0) is 0 Å². The zero-order valence-electron chi connectivity index (χ0n) is 13.0. The van der Waals surface area contributed by atoms with E-state index in [4.69, 9.17) is 9.47 Å². The molecule has 1 aromatic rings. The number of benzene rings is 1. The maximum absolute atomic E-state index is 9.55. The second-order valence-electron chi connectivity index (χ2n) is 4.96. The van der Waals surface area contributed by atoms with Gasteiger partial charge in [0.1, 0.15) is 6.61 Å². The summed E-state index contributed by atoms with van der Waals surface area (Å²) in [5.74, 6) is 1.38. The number of aliphatic hydroxyl groups excluding tert-OH is 1. The van der Waals surface area contributed by atoms with Crippen molar-refractivity contribution in [2.45, 2.75) is 45.8 Å². The molecule has 0 saturated heterocycles. The van der Waals surface area contributed by atoms with E-state index in [1.807, 2.05) is 25.1 Å². The van der Waals surface area contributed by atoms with Crippen molar-refractivity contribution < 1.29 is 14.6 Å². The van der Waals surface area contributed by atoms with Crippen molar-refractivity contribution in [1.29, 1.82) is 0 Å². The lowest BCUT2D eigenvalue weighted by Gasteiger charge is -2.17. The molecule has 4 nitrogen and oxygen atoms in total. The quantitative estimate of drug-likeness (QED) is 0.731. The Hall–Kier alpha value is -1.26. The minimum absolute atomic E-state index is 0.277. The first-order chi connectivity index (χ1) is 9.62. The van der Waals surface area contributed by atoms with E-state index in [0.29, 0.717) is 17.9 Å². The fraction of sp³-hybridized carbons (Fsp3) is 0.625.